The van der Waals surface area contributed by atoms with Gasteiger partial charge >= 0.3 is 0 Å². The molecule has 0 amide bonds. The molecule has 1 saturated heterocycles. The molecule has 8 nitrogen and oxygen atoms in total. The fraction of sp³-hybridized carbons (Fsp3) is 0.308. The number of nitrogens with two attached hydrogens (primary N) is 1. The van der Waals surface area contributed by atoms with Gasteiger partial charge in [0.15, 0.2) is 5.65 Å². The van der Waals surface area contributed by atoms with Crippen LogP contribution >= 0.6 is 0 Å². The van der Waals surface area contributed by atoms with E-state index in [9.17, 15) is 5.26 Å². The number of aryl methyl sites for hydroxylation is 1. The summed E-state index contributed by atoms with van der Waals surface area (Å²) in [5.74, 6) is 0.831. The van der Waals surface area contributed by atoms with Crippen LogP contribution in [0.25, 0.3) is 22.4 Å². The average Bonchev–Trinajstić information content (AvgIpc) is 3.38. The molecule has 1 aliphatic rings. The number of hydrogen-bond acceptors (Lipinski definition) is 6. The van der Waals surface area contributed by atoms with Crippen LogP contribution in [0, 0.1) is 18.3 Å². The number of nitriles is 1. The lowest BCUT2D eigenvalue weighted by atomic mass is 9.87. The number of allylic oxidation sites excluding steroid dienone is 1. The summed E-state index contributed by atoms with van der Waals surface area (Å²) in [6, 6.07) is 18.8. The largest absolute Gasteiger partial charge is 0.397 e. The fourth-order valence-electron chi connectivity index (χ4n) is 4.77. The van der Waals surface area contributed by atoms with Crippen molar-refractivity contribution in [2.75, 3.05) is 19.6 Å². The molecular weight excluding hydrogens is 424 g/mol. The van der Waals surface area contributed by atoms with E-state index < -0.39 is 0 Å². The molecule has 0 unspecified atom stereocenters. The highest BCUT2D eigenvalue weighted by Gasteiger charge is 2.41. The zero-order valence-corrected chi connectivity index (χ0v) is 19.5. The van der Waals surface area contributed by atoms with E-state index in [1.807, 2.05) is 37.3 Å². The maximum atomic E-state index is 9.26. The SMILES string of the molecule is CCN1CC(CC#N)(N=CC=C(N)c2cc3c(ccc4nnc(C)n43)n2Cc2ccccc2)C1. The Kier molecular flexibility index (Phi) is 5.64. The lowest BCUT2D eigenvalue weighted by Gasteiger charge is -2.46. The van der Waals surface area contributed by atoms with Crippen LogP contribution in [0.3, 0.4) is 0 Å². The molecule has 0 saturated carbocycles. The number of nitrogens with zero attached hydrogens (tertiary/aromatic N) is 7. The monoisotopic (exact) mass is 452 g/mol. The third-order valence-corrected chi connectivity index (χ3v) is 6.57. The fourth-order valence-corrected chi connectivity index (χ4v) is 4.77. The molecule has 3 aromatic heterocycles. The van der Waals surface area contributed by atoms with E-state index >= 15 is 0 Å². The molecule has 2 N–H and O–H groups in total. The van der Waals surface area contributed by atoms with Crippen molar-refractivity contribution < 1.29 is 0 Å². The van der Waals surface area contributed by atoms with Crippen LogP contribution in [0.15, 0.2) is 59.6 Å². The molecule has 1 fully saturated rings. The van der Waals surface area contributed by atoms with E-state index in [0.29, 0.717) is 18.7 Å². The number of aromatic nitrogens is 4. The van der Waals surface area contributed by atoms with Gasteiger partial charge in [0, 0.05) is 25.8 Å². The smallest absolute Gasteiger partial charge is 0.161 e. The maximum absolute atomic E-state index is 9.26. The van der Waals surface area contributed by atoms with Gasteiger partial charge in [-0.2, -0.15) is 5.26 Å². The highest BCUT2D eigenvalue weighted by Crippen LogP contribution is 2.29. The standard InChI is InChI=1S/C26H28N8/c1-3-32-17-26(18-32,12-13-27)29-14-11-21(28)23-15-24-22(9-10-25-31-30-19(2)34(24)25)33(23)16-20-7-5-4-6-8-20/h4-11,14-15H,3,12,16-18,28H2,1-2H3. The number of pyridine rings is 1. The molecule has 1 aromatic carbocycles. The Hall–Kier alpha value is -3.96. The number of fused-ring (bicyclic) bond motifs is 3. The number of likely N-dealkylation sites (tertiary alicyclic amines) is 1. The van der Waals surface area contributed by atoms with Crippen LogP contribution in [-0.4, -0.2) is 55.5 Å². The second-order valence-corrected chi connectivity index (χ2v) is 8.91. The second-order valence-electron chi connectivity index (χ2n) is 8.91. The Bertz CT molecular complexity index is 1430. The summed E-state index contributed by atoms with van der Waals surface area (Å²) in [4.78, 5) is 7.04. The van der Waals surface area contributed by atoms with Gasteiger partial charge in [0.1, 0.15) is 5.82 Å². The number of benzene rings is 1. The van der Waals surface area contributed by atoms with Crippen LogP contribution in [0.4, 0.5) is 0 Å². The Morgan fingerprint density at radius 1 is 1.18 bits per heavy atom. The van der Waals surface area contributed by atoms with E-state index in [2.05, 4.69) is 61.3 Å². The van der Waals surface area contributed by atoms with Gasteiger partial charge in [-0.3, -0.25) is 14.3 Å². The first-order chi connectivity index (χ1) is 16.5. The molecule has 4 aromatic rings. The number of rotatable bonds is 7. The number of hydrogen-bond donors (Lipinski definition) is 1. The van der Waals surface area contributed by atoms with Gasteiger partial charge in [-0.15, -0.1) is 10.2 Å². The van der Waals surface area contributed by atoms with Crippen LogP contribution in [-0.2, 0) is 6.54 Å². The van der Waals surface area contributed by atoms with Crippen LogP contribution in [0.1, 0.15) is 30.4 Å². The minimum Gasteiger partial charge on any atom is -0.397 e. The van der Waals surface area contributed by atoms with E-state index in [4.69, 9.17) is 10.7 Å². The summed E-state index contributed by atoms with van der Waals surface area (Å²) in [6.07, 6.45) is 4.02. The highest BCUT2D eigenvalue weighted by molar-refractivity contribution is 5.89. The molecule has 4 heterocycles. The Morgan fingerprint density at radius 2 is 1.97 bits per heavy atom. The van der Waals surface area contributed by atoms with Crippen molar-refractivity contribution >= 4 is 28.6 Å². The molecule has 0 bridgehead atoms. The van der Waals surface area contributed by atoms with Crippen molar-refractivity contribution in [2.45, 2.75) is 32.4 Å². The summed E-state index contributed by atoms with van der Waals surface area (Å²) in [7, 11) is 0. The van der Waals surface area contributed by atoms with Gasteiger partial charge < -0.3 is 10.3 Å². The second kappa shape index (κ2) is 8.76. The lowest BCUT2D eigenvalue weighted by molar-refractivity contribution is 0.0824. The summed E-state index contributed by atoms with van der Waals surface area (Å²) in [5, 5.41) is 17.8. The molecule has 0 atom stereocenters. The quantitative estimate of drug-likeness (QED) is 0.433. The highest BCUT2D eigenvalue weighted by atomic mass is 15.3. The normalized spacial score (nSPS) is 16.3. The van der Waals surface area contributed by atoms with E-state index in [1.165, 1.54) is 5.56 Å². The van der Waals surface area contributed by atoms with Gasteiger partial charge in [-0.1, -0.05) is 37.3 Å². The Labute approximate surface area is 198 Å². The summed E-state index contributed by atoms with van der Waals surface area (Å²) in [5.41, 5.74) is 11.9. The Morgan fingerprint density at radius 3 is 2.71 bits per heavy atom. The predicted molar refractivity (Wildman–Crippen MR) is 134 cm³/mol. The third kappa shape index (κ3) is 3.84. The van der Waals surface area contributed by atoms with Gasteiger partial charge in [0.2, 0.25) is 0 Å². The maximum Gasteiger partial charge on any atom is 0.161 e. The van der Waals surface area contributed by atoms with Crippen molar-refractivity contribution in [3.63, 3.8) is 0 Å². The van der Waals surface area contributed by atoms with Gasteiger partial charge in [0.25, 0.3) is 0 Å². The topological polar surface area (TPSA) is 101 Å². The molecule has 34 heavy (non-hydrogen) atoms. The summed E-state index contributed by atoms with van der Waals surface area (Å²) >= 11 is 0. The number of aliphatic imine (C=N–C) groups is 1. The van der Waals surface area contributed by atoms with Gasteiger partial charge in [-0.25, -0.2) is 0 Å². The molecule has 1 aliphatic heterocycles. The van der Waals surface area contributed by atoms with Crippen LogP contribution < -0.4 is 5.73 Å². The predicted octanol–water partition coefficient (Wildman–Crippen LogP) is 3.40. The molecule has 8 heteroatoms. The zero-order valence-electron chi connectivity index (χ0n) is 19.5. The molecular formula is C26H28N8. The van der Waals surface area contributed by atoms with Crippen molar-refractivity contribution in [2.24, 2.45) is 10.7 Å². The minimum absolute atomic E-state index is 0.329. The molecule has 0 aliphatic carbocycles. The average molecular weight is 453 g/mol. The molecule has 172 valence electrons. The summed E-state index contributed by atoms with van der Waals surface area (Å²) in [6.45, 7) is 7.34. The van der Waals surface area contributed by atoms with Crippen molar-refractivity contribution in [3.8, 4) is 6.07 Å². The molecule has 5 rings (SSSR count). The summed E-state index contributed by atoms with van der Waals surface area (Å²) < 4.78 is 4.27. The van der Waals surface area contributed by atoms with Gasteiger partial charge in [-0.05, 0) is 43.3 Å². The first-order valence-electron chi connectivity index (χ1n) is 11.5. The first-order valence-corrected chi connectivity index (χ1v) is 11.5. The van der Waals surface area contributed by atoms with Crippen molar-refractivity contribution in [1.82, 2.24) is 24.1 Å². The van der Waals surface area contributed by atoms with Crippen LogP contribution in [0.2, 0.25) is 0 Å². The zero-order chi connectivity index (χ0) is 23.7. The van der Waals surface area contributed by atoms with E-state index in [0.717, 1.165) is 47.8 Å². The Balaban J connectivity index is 1.56. The van der Waals surface area contributed by atoms with E-state index in [1.54, 1.807) is 6.21 Å². The van der Waals surface area contributed by atoms with Crippen molar-refractivity contribution in [3.05, 3.63) is 71.7 Å². The first kappa shape index (κ1) is 21.9. The van der Waals surface area contributed by atoms with E-state index in [-0.39, 0.29) is 5.54 Å². The minimum atomic E-state index is -0.329. The van der Waals surface area contributed by atoms with Crippen molar-refractivity contribution in [1.29, 1.82) is 5.26 Å². The lowest BCUT2D eigenvalue weighted by Crippen LogP contribution is -2.60. The number of likely N-dealkylation sites (N-methyl/N-ethyl adjacent to an activating group) is 1. The van der Waals surface area contributed by atoms with Crippen LogP contribution in [0.5, 0.6) is 0 Å². The molecule has 0 spiro atoms. The third-order valence-electron chi connectivity index (χ3n) is 6.57. The molecule has 0 radical (unpaired) electrons. The van der Waals surface area contributed by atoms with Gasteiger partial charge in [0.05, 0.1) is 40.5 Å².